The molecule has 0 spiro atoms. The summed E-state index contributed by atoms with van der Waals surface area (Å²) in [5.74, 6) is 1.32. The van der Waals surface area contributed by atoms with Gasteiger partial charge in [-0.3, -0.25) is 0 Å². The van der Waals surface area contributed by atoms with Crippen molar-refractivity contribution in [1.29, 1.82) is 0 Å². The molecule has 7 heteroatoms. The van der Waals surface area contributed by atoms with Gasteiger partial charge in [0.1, 0.15) is 5.82 Å². The largest absolute Gasteiger partial charge is 0.332 e. The van der Waals surface area contributed by atoms with Crippen LogP contribution >= 0.6 is 11.6 Å². The Morgan fingerprint density at radius 1 is 1.59 bits per heavy atom. The smallest absolute Gasteiger partial charge is 0.257 e. The summed E-state index contributed by atoms with van der Waals surface area (Å²) in [5.41, 5.74) is 0. The Hall–Kier alpha value is -0.590. The third-order valence-corrected chi connectivity index (χ3v) is 4.93. The topological polar surface area (TPSA) is 74.8 Å². The molecule has 1 aromatic heterocycles. The van der Waals surface area contributed by atoms with Gasteiger partial charge in [-0.25, -0.2) is 18.1 Å². The molecule has 17 heavy (non-hydrogen) atoms. The minimum Gasteiger partial charge on any atom is -0.332 e. The van der Waals surface area contributed by atoms with E-state index in [1.165, 1.54) is 6.20 Å². The van der Waals surface area contributed by atoms with Gasteiger partial charge in [0.05, 0.1) is 6.20 Å². The van der Waals surface area contributed by atoms with Crippen molar-refractivity contribution in [1.82, 2.24) is 14.7 Å². The third kappa shape index (κ3) is 2.81. The Kier molecular flexibility index (Phi) is 3.75. The Bertz CT molecular complexity index is 485. The van der Waals surface area contributed by atoms with Crippen LogP contribution in [0, 0.1) is 12.8 Å². The van der Waals surface area contributed by atoms with Gasteiger partial charge in [0, 0.05) is 11.9 Å². The number of nitrogens with zero attached hydrogens (tertiary/aromatic N) is 1. The molecule has 1 aliphatic rings. The van der Waals surface area contributed by atoms with E-state index in [1.807, 2.05) is 0 Å². The van der Waals surface area contributed by atoms with Crippen molar-refractivity contribution in [2.45, 2.75) is 37.3 Å². The summed E-state index contributed by atoms with van der Waals surface area (Å²) in [6.07, 6.45) is 4.19. The van der Waals surface area contributed by atoms with E-state index in [0.29, 0.717) is 11.7 Å². The van der Waals surface area contributed by atoms with Crippen molar-refractivity contribution < 1.29 is 8.42 Å². The first-order chi connectivity index (χ1) is 8.03. The van der Waals surface area contributed by atoms with Gasteiger partial charge >= 0.3 is 0 Å². The van der Waals surface area contributed by atoms with Crippen LogP contribution in [-0.4, -0.2) is 30.3 Å². The molecule has 0 bridgehead atoms. The van der Waals surface area contributed by atoms with Crippen molar-refractivity contribution in [3.63, 3.8) is 0 Å². The molecule has 0 aromatic carbocycles. The fraction of sp³-hybridized carbons (Fsp3) is 0.700. The van der Waals surface area contributed by atoms with E-state index in [2.05, 4.69) is 14.7 Å². The second kappa shape index (κ2) is 4.96. The molecule has 96 valence electrons. The predicted octanol–water partition coefficient (Wildman–Crippen LogP) is 1.40. The Morgan fingerprint density at radius 2 is 2.35 bits per heavy atom. The van der Waals surface area contributed by atoms with E-state index in [0.717, 1.165) is 19.3 Å². The lowest BCUT2D eigenvalue weighted by Crippen LogP contribution is -2.38. The van der Waals surface area contributed by atoms with Crippen LogP contribution in [-0.2, 0) is 10.0 Å². The van der Waals surface area contributed by atoms with Crippen LogP contribution < -0.4 is 4.72 Å². The molecule has 0 radical (unpaired) electrons. The van der Waals surface area contributed by atoms with E-state index in [1.54, 1.807) is 6.92 Å². The van der Waals surface area contributed by atoms with Crippen LogP contribution in [0.5, 0.6) is 0 Å². The molecule has 1 aliphatic carbocycles. The zero-order chi connectivity index (χ0) is 12.5. The second-order valence-electron chi connectivity index (χ2n) is 4.41. The van der Waals surface area contributed by atoms with Gasteiger partial charge in [-0.2, -0.15) is 0 Å². The molecular weight excluding hydrogens is 262 g/mol. The number of aromatic nitrogens is 2. The van der Waals surface area contributed by atoms with Gasteiger partial charge in [-0.05, 0) is 25.7 Å². The number of nitrogens with one attached hydrogen (secondary N) is 2. The van der Waals surface area contributed by atoms with Crippen molar-refractivity contribution >= 4 is 21.6 Å². The molecule has 0 saturated heterocycles. The number of alkyl halides is 1. The fourth-order valence-electron chi connectivity index (χ4n) is 2.17. The standard InChI is InChI=1S/C10H16ClN3O2S/c1-7-12-6-10(13-7)17(15,16)14-9-4-2-3-8(9)5-11/h6,8-9,14H,2-5H2,1H3,(H,12,13). The highest BCUT2D eigenvalue weighted by Gasteiger charge is 2.31. The predicted molar refractivity (Wildman–Crippen MR) is 65.5 cm³/mol. The molecule has 5 nitrogen and oxygen atoms in total. The fourth-order valence-corrected chi connectivity index (χ4v) is 3.85. The lowest BCUT2D eigenvalue weighted by molar-refractivity contribution is 0.479. The Labute approximate surface area is 106 Å². The number of aromatic amines is 1. The number of rotatable bonds is 4. The maximum Gasteiger partial charge on any atom is 0.257 e. The molecule has 0 aliphatic heterocycles. The van der Waals surface area contributed by atoms with Crippen LogP contribution in [0.3, 0.4) is 0 Å². The monoisotopic (exact) mass is 277 g/mol. The highest BCUT2D eigenvalue weighted by molar-refractivity contribution is 7.89. The number of hydrogen-bond acceptors (Lipinski definition) is 3. The number of sulfonamides is 1. The van der Waals surface area contributed by atoms with E-state index < -0.39 is 10.0 Å². The van der Waals surface area contributed by atoms with E-state index in [4.69, 9.17) is 11.6 Å². The molecule has 1 heterocycles. The minimum atomic E-state index is -3.49. The third-order valence-electron chi connectivity index (χ3n) is 3.13. The van der Waals surface area contributed by atoms with Gasteiger partial charge in [-0.1, -0.05) is 6.42 Å². The van der Waals surface area contributed by atoms with Gasteiger partial charge in [0.15, 0.2) is 5.03 Å². The number of aryl methyl sites for hydroxylation is 1. The van der Waals surface area contributed by atoms with Crippen LogP contribution in [0.15, 0.2) is 11.2 Å². The van der Waals surface area contributed by atoms with Gasteiger partial charge < -0.3 is 4.98 Å². The van der Waals surface area contributed by atoms with Crippen LogP contribution in [0.4, 0.5) is 0 Å². The minimum absolute atomic E-state index is 0.0545. The molecule has 1 saturated carbocycles. The first-order valence-electron chi connectivity index (χ1n) is 5.63. The van der Waals surface area contributed by atoms with Gasteiger partial charge in [-0.15, -0.1) is 11.6 Å². The average molecular weight is 278 g/mol. The summed E-state index contributed by atoms with van der Waals surface area (Å²) in [4.78, 5) is 6.62. The van der Waals surface area contributed by atoms with Gasteiger partial charge in [0.25, 0.3) is 10.0 Å². The van der Waals surface area contributed by atoms with Crippen LogP contribution in [0.25, 0.3) is 0 Å². The quantitative estimate of drug-likeness (QED) is 0.817. The second-order valence-corrected chi connectivity index (χ2v) is 6.40. The van der Waals surface area contributed by atoms with E-state index in [-0.39, 0.29) is 17.0 Å². The average Bonchev–Trinajstić information content (AvgIpc) is 2.86. The molecule has 1 aromatic rings. The zero-order valence-electron chi connectivity index (χ0n) is 9.61. The summed E-state index contributed by atoms with van der Waals surface area (Å²) in [6, 6.07) is -0.0545. The molecule has 2 rings (SSSR count). The Morgan fingerprint density at radius 3 is 2.94 bits per heavy atom. The van der Waals surface area contributed by atoms with Crippen molar-refractivity contribution in [2.75, 3.05) is 5.88 Å². The van der Waals surface area contributed by atoms with Crippen molar-refractivity contribution in [3.05, 3.63) is 12.0 Å². The van der Waals surface area contributed by atoms with Crippen LogP contribution in [0.2, 0.25) is 0 Å². The SMILES string of the molecule is Cc1ncc(S(=O)(=O)NC2CCCC2CCl)[nH]1. The highest BCUT2D eigenvalue weighted by Crippen LogP contribution is 2.27. The van der Waals surface area contributed by atoms with E-state index in [9.17, 15) is 8.42 Å². The molecule has 2 unspecified atom stereocenters. The molecule has 0 amide bonds. The molecule has 2 N–H and O–H groups in total. The van der Waals surface area contributed by atoms with E-state index >= 15 is 0 Å². The number of hydrogen-bond donors (Lipinski definition) is 2. The molecule has 1 fully saturated rings. The highest BCUT2D eigenvalue weighted by atomic mass is 35.5. The summed E-state index contributed by atoms with van der Waals surface area (Å²) in [5, 5.41) is 0.121. The lowest BCUT2D eigenvalue weighted by Gasteiger charge is -2.18. The summed E-state index contributed by atoms with van der Waals surface area (Å²) < 4.78 is 26.8. The Balaban J connectivity index is 2.12. The summed E-state index contributed by atoms with van der Waals surface area (Å²) in [6.45, 7) is 1.72. The summed E-state index contributed by atoms with van der Waals surface area (Å²) in [7, 11) is -3.49. The number of imidazole rings is 1. The number of H-pyrrole nitrogens is 1. The number of halogens is 1. The first kappa shape index (κ1) is 12.9. The normalized spacial score (nSPS) is 25.3. The summed E-state index contributed by atoms with van der Waals surface area (Å²) >= 11 is 5.83. The van der Waals surface area contributed by atoms with Gasteiger partial charge in [0.2, 0.25) is 0 Å². The molecule has 2 atom stereocenters. The molecular formula is C10H16ClN3O2S. The zero-order valence-corrected chi connectivity index (χ0v) is 11.2. The lowest BCUT2D eigenvalue weighted by atomic mass is 10.1. The van der Waals surface area contributed by atoms with Crippen molar-refractivity contribution in [2.24, 2.45) is 5.92 Å². The first-order valence-corrected chi connectivity index (χ1v) is 7.64. The maximum atomic E-state index is 12.0. The van der Waals surface area contributed by atoms with Crippen molar-refractivity contribution in [3.8, 4) is 0 Å². The van der Waals surface area contributed by atoms with Crippen LogP contribution in [0.1, 0.15) is 25.1 Å². The maximum absolute atomic E-state index is 12.0.